The second-order valence-electron chi connectivity index (χ2n) is 7.87. The molecule has 2 fully saturated rings. The van der Waals surface area contributed by atoms with Gasteiger partial charge in [0.15, 0.2) is 0 Å². The molecule has 0 unspecified atom stereocenters. The lowest BCUT2D eigenvalue weighted by atomic mass is 9.68. The van der Waals surface area contributed by atoms with E-state index in [0.717, 1.165) is 17.4 Å². The van der Waals surface area contributed by atoms with Gasteiger partial charge in [0.2, 0.25) is 0 Å². The summed E-state index contributed by atoms with van der Waals surface area (Å²) in [6.07, 6.45) is 14.8. The van der Waals surface area contributed by atoms with Gasteiger partial charge in [-0.1, -0.05) is 29.8 Å². The average Bonchev–Trinajstić information content (AvgIpc) is 2.65. The summed E-state index contributed by atoms with van der Waals surface area (Å²) in [7, 11) is 0. The number of halogens is 3. The van der Waals surface area contributed by atoms with Gasteiger partial charge in [0, 0.05) is 0 Å². The van der Waals surface area contributed by atoms with Crippen molar-refractivity contribution in [2.45, 2.75) is 63.7 Å². The van der Waals surface area contributed by atoms with E-state index in [0.29, 0.717) is 18.3 Å². The summed E-state index contributed by atoms with van der Waals surface area (Å²) in [5.41, 5.74) is 1.11. The van der Waals surface area contributed by atoms with Crippen molar-refractivity contribution in [2.24, 2.45) is 17.8 Å². The molecule has 0 aromatic heterocycles. The van der Waals surface area contributed by atoms with Gasteiger partial charge < -0.3 is 0 Å². The van der Waals surface area contributed by atoms with Crippen LogP contribution in [0.5, 0.6) is 0 Å². The quantitative estimate of drug-likeness (QED) is 0.474. The number of hydrogen-bond acceptors (Lipinski definition) is 0. The number of allylic oxidation sites excluding steroid dienone is 2. The molecule has 0 N–H and O–H groups in total. The molecular weight excluding hydrogens is 338 g/mol. The Balaban J connectivity index is 1.46. The van der Waals surface area contributed by atoms with Gasteiger partial charge in [-0.05, 0) is 99.2 Å². The maximum absolute atomic E-state index is 13.7. The molecule has 2 aliphatic rings. The maximum Gasteiger partial charge on any atom is 0.142 e. The van der Waals surface area contributed by atoms with E-state index in [2.05, 4.69) is 6.08 Å². The Morgan fingerprint density at radius 2 is 1.60 bits per heavy atom. The molecule has 0 spiro atoms. The zero-order valence-electron chi connectivity index (χ0n) is 14.9. The van der Waals surface area contributed by atoms with E-state index in [4.69, 9.17) is 11.6 Å². The summed E-state index contributed by atoms with van der Waals surface area (Å²) in [6, 6.07) is 5.31. The van der Waals surface area contributed by atoms with Gasteiger partial charge in [-0.2, -0.15) is 0 Å². The largest absolute Gasteiger partial charge is 0.251 e. The fourth-order valence-electron chi connectivity index (χ4n) is 4.85. The zero-order valence-corrected chi connectivity index (χ0v) is 15.7. The minimum Gasteiger partial charge on any atom is -0.251 e. The van der Waals surface area contributed by atoms with Crippen LogP contribution in [0.15, 0.2) is 30.4 Å². The van der Waals surface area contributed by atoms with Crippen LogP contribution in [0.1, 0.15) is 69.3 Å². The average molecular weight is 367 g/mol. The second-order valence-corrected chi connectivity index (χ2v) is 8.27. The smallest absolute Gasteiger partial charge is 0.142 e. The topological polar surface area (TPSA) is 0 Å². The Morgan fingerprint density at radius 3 is 2.20 bits per heavy atom. The fraction of sp³-hybridized carbons (Fsp3) is 0.636. The number of rotatable bonds is 5. The molecule has 0 radical (unpaired) electrons. The van der Waals surface area contributed by atoms with E-state index >= 15 is 0 Å². The van der Waals surface area contributed by atoms with Gasteiger partial charge >= 0.3 is 0 Å². The van der Waals surface area contributed by atoms with Crippen LogP contribution < -0.4 is 0 Å². The summed E-state index contributed by atoms with van der Waals surface area (Å²) < 4.78 is 25.9. The van der Waals surface area contributed by atoms with Gasteiger partial charge in [0.05, 0.1) is 11.7 Å². The van der Waals surface area contributed by atoms with Gasteiger partial charge in [-0.15, -0.1) is 0 Å². The molecule has 25 heavy (non-hydrogen) atoms. The molecule has 3 heteroatoms. The van der Waals surface area contributed by atoms with Crippen molar-refractivity contribution in [3.8, 4) is 0 Å². The molecule has 0 bridgehead atoms. The Labute approximate surface area is 155 Å². The molecule has 3 rings (SSSR count). The molecule has 0 heterocycles. The van der Waals surface area contributed by atoms with Crippen molar-refractivity contribution in [1.29, 1.82) is 0 Å². The van der Waals surface area contributed by atoms with E-state index in [1.54, 1.807) is 12.1 Å². The summed E-state index contributed by atoms with van der Waals surface area (Å²) >= 11 is 5.80. The van der Waals surface area contributed by atoms with Crippen molar-refractivity contribution in [1.82, 2.24) is 0 Å². The summed E-state index contributed by atoms with van der Waals surface area (Å²) in [6.45, 7) is -0.243. The molecule has 2 aliphatic carbocycles. The van der Waals surface area contributed by atoms with Crippen molar-refractivity contribution in [2.75, 3.05) is 6.67 Å². The highest BCUT2D eigenvalue weighted by Crippen LogP contribution is 2.44. The highest BCUT2D eigenvalue weighted by atomic mass is 35.5. The van der Waals surface area contributed by atoms with Crippen LogP contribution in [0.25, 0.3) is 0 Å². The van der Waals surface area contributed by atoms with Gasteiger partial charge in [-0.3, -0.25) is 4.39 Å². The predicted octanol–water partition coefficient (Wildman–Crippen LogP) is 7.48. The number of alkyl halides is 1. The van der Waals surface area contributed by atoms with Gasteiger partial charge in [-0.25, -0.2) is 4.39 Å². The Hall–Kier alpha value is -0.890. The van der Waals surface area contributed by atoms with Crippen molar-refractivity contribution >= 4 is 11.6 Å². The third-order valence-electron chi connectivity index (χ3n) is 6.35. The van der Waals surface area contributed by atoms with E-state index in [1.807, 2.05) is 12.1 Å². The van der Waals surface area contributed by atoms with Crippen LogP contribution in [-0.2, 0) is 0 Å². The molecule has 1 aromatic rings. The Bertz CT molecular complexity index is 567. The number of benzene rings is 1. The van der Waals surface area contributed by atoms with E-state index in [1.165, 1.54) is 51.4 Å². The first-order valence-electron chi connectivity index (χ1n) is 9.85. The van der Waals surface area contributed by atoms with Gasteiger partial charge in [0.25, 0.3) is 0 Å². The Kier molecular flexibility index (Phi) is 6.92. The summed E-state index contributed by atoms with van der Waals surface area (Å²) in [4.78, 5) is 0. The molecule has 0 aliphatic heterocycles. The molecule has 0 saturated heterocycles. The first kappa shape index (κ1) is 18.9. The van der Waals surface area contributed by atoms with E-state index in [9.17, 15) is 8.78 Å². The molecule has 0 nitrogen and oxygen atoms in total. The standard InChI is InChI=1S/C22H29ClF2/c23-21-13-12-20(15-22(21)25)19-10-8-18(9-11-19)17-6-4-16(5-7-17)3-1-2-14-24/h1,3,12-13,15-19H,2,4-11,14H2. The maximum atomic E-state index is 13.7. The summed E-state index contributed by atoms with van der Waals surface area (Å²) in [5, 5.41) is 0.217. The lowest BCUT2D eigenvalue weighted by Gasteiger charge is -2.37. The molecular formula is C22H29ClF2. The van der Waals surface area contributed by atoms with Crippen LogP contribution >= 0.6 is 11.6 Å². The van der Waals surface area contributed by atoms with E-state index in [-0.39, 0.29) is 17.5 Å². The zero-order chi connectivity index (χ0) is 17.6. The molecule has 0 amide bonds. The first-order chi connectivity index (χ1) is 12.2. The lowest BCUT2D eigenvalue weighted by Crippen LogP contribution is -2.25. The Morgan fingerprint density at radius 1 is 0.960 bits per heavy atom. The predicted molar refractivity (Wildman–Crippen MR) is 101 cm³/mol. The fourth-order valence-corrected chi connectivity index (χ4v) is 4.97. The van der Waals surface area contributed by atoms with Crippen LogP contribution in [0.3, 0.4) is 0 Å². The van der Waals surface area contributed by atoms with Crippen molar-refractivity contribution < 1.29 is 8.78 Å². The van der Waals surface area contributed by atoms with Crippen LogP contribution in [0.4, 0.5) is 8.78 Å². The third kappa shape index (κ3) is 5.06. The SMILES string of the molecule is FCCC=CC1CCC(C2CCC(c3ccc(Cl)c(F)c3)CC2)CC1. The molecule has 138 valence electrons. The molecule has 1 aromatic carbocycles. The monoisotopic (exact) mass is 366 g/mol. The minimum atomic E-state index is -0.291. The molecule has 2 saturated carbocycles. The third-order valence-corrected chi connectivity index (χ3v) is 6.66. The van der Waals surface area contributed by atoms with Crippen LogP contribution in [0.2, 0.25) is 5.02 Å². The molecule has 0 atom stereocenters. The first-order valence-corrected chi connectivity index (χ1v) is 10.2. The normalized spacial score (nSPS) is 30.7. The minimum absolute atomic E-state index is 0.217. The number of hydrogen-bond donors (Lipinski definition) is 0. The van der Waals surface area contributed by atoms with Gasteiger partial charge in [0.1, 0.15) is 5.82 Å². The van der Waals surface area contributed by atoms with Crippen LogP contribution in [-0.4, -0.2) is 6.67 Å². The highest BCUT2D eigenvalue weighted by Gasteiger charge is 2.30. The van der Waals surface area contributed by atoms with Crippen molar-refractivity contribution in [3.05, 3.63) is 46.8 Å². The summed E-state index contributed by atoms with van der Waals surface area (Å²) in [5.74, 6) is 2.55. The van der Waals surface area contributed by atoms with E-state index < -0.39 is 0 Å². The second kappa shape index (κ2) is 9.16. The van der Waals surface area contributed by atoms with Crippen LogP contribution in [0, 0.1) is 23.6 Å². The van der Waals surface area contributed by atoms with Crippen molar-refractivity contribution in [3.63, 3.8) is 0 Å². The highest BCUT2D eigenvalue weighted by molar-refractivity contribution is 6.30. The lowest BCUT2D eigenvalue weighted by molar-refractivity contribution is 0.171.